The number of benzene rings is 2. The number of hydrogen-bond donors (Lipinski definition) is 1. The minimum absolute atomic E-state index is 0.0216. The van der Waals surface area contributed by atoms with Crippen LogP contribution in [0.3, 0.4) is 0 Å². The van der Waals surface area contributed by atoms with Gasteiger partial charge in [-0.2, -0.15) is 5.10 Å². The largest absolute Gasteiger partial charge is 0.504 e. The topological polar surface area (TPSA) is 101 Å². The van der Waals surface area contributed by atoms with Crippen LogP contribution in [0.5, 0.6) is 11.5 Å². The minimum atomic E-state index is -0.313. The number of amides is 1. The average Bonchev–Trinajstić information content (AvgIpc) is 3.25. The molecule has 1 amide bonds. The van der Waals surface area contributed by atoms with Crippen LogP contribution in [0.1, 0.15) is 11.3 Å². The van der Waals surface area contributed by atoms with Gasteiger partial charge in [0.1, 0.15) is 5.69 Å². The first-order valence-electron chi connectivity index (χ1n) is 9.70. The summed E-state index contributed by atoms with van der Waals surface area (Å²) in [7, 11) is 3.23. The van der Waals surface area contributed by atoms with E-state index in [0.29, 0.717) is 27.9 Å². The third kappa shape index (κ3) is 3.80. The van der Waals surface area contributed by atoms with E-state index in [-0.39, 0.29) is 28.7 Å². The standard InChI is InChI=1S/C22H21N5O4S/c1-14-20(21(30)27(25(14)2)16-7-5-4-6-8-16)26-19(29)13-32-22(26)24-23-12-15-9-10-17(28)18(11-15)31-3/h4-12,28H,13H2,1-3H3/b23-12-,24-22+. The molecule has 0 radical (unpaired) electrons. The van der Waals surface area contributed by atoms with Gasteiger partial charge >= 0.3 is 0 Å². The van der Waals surface area contributed by atoms with E-state index in [2.05, 4.69) is 10.2 Å². The van der Waals surface area contributed by atoms with Gasteiger partial charge in [-0.15, -0.1) is 5.10 Å². The highest BCUT2D eigenvalue weighted by Gasteiger charge is 2.35. The number of nitrogens with zero attached hydrogens (tertiary/aromatic N) is 5. The zero-order valence-electron chi connectivity index (χ0n) is 17.7. The first-order valence-corrected chi connectivity index (χ1v) is 10.7. The van der Waals surface area contributed by atoms with Gasteiger partial charge < -0.3 is 9.84 Å². The molecule has 1 aromatic heterocycles. The SMILES string of the molecule is COc1cc(/C=N\N=C2\SCC(=O)N2c2c(C)n(C)n(-c3ccccc3)c2=O)ccc1O. The van der Waals surface area contributed by atoms with Crippen LogP contribution in [0, 0.1) is 6.92 Å². The van der Waals surface area contributed by atoms with Gasteiger partial charge in [0.05, 0.1) is 30.5 Å². The number of phenols is 1. The molecule has 0 saturated carbocycles. The molecule has 0 aliphatic carbocycles. The molecule has 3 aromatic rings. The van der Waals surface area contributed by atoms with Gasteiger partial charge in [-0.25, -0.2) is 9.58 Å². The Labute approximate surface area is 188 Å². The minimum Gasteiger partial charge on any atom is -0.504 e. The Hall–Kier alpha value is -3.79. The van der Waals surface area contributed by atoms with Crippen LogP contribution < -0.4 is 15.2 Å². The zero-order chi connectivity index (χ0) is 22.8. The van der Waals surface area contributed by atoms with Crippen molar-refractivity contribution in [2.24, 2.45) is 17.3 Å². The number of carbonyl (C=O) groups is 1. The number of aromatic hydroxyl groups is 1. The second-order valence-electron chi connectivity index (χ2n) is 6.99. The van der Waals surface area contributed by atoms with Crippen molar-refractivity contribution < 1.29 is 14.6 Å². The molecule has 1 fully saturated rings. The first-order chi connectivity index (χ1) is 15.4. The molecule has 32 heavy (non-hydrogen) atoms. The normalized spacial score (nSPS) is 15.3. The Bertz CT molecular complexity index is 1290. The Morgan fingerprint density at radius 1 is 1.16 bits per heavy atom. The van der Waals surface area contributed by atoms with E-state index in [9.17, 15) is 14.7 Å². The highest BCUT2D eigenvalue weighted by Crippen LogP contribution is 2.28. The van der Waals surface area contributed by atoms with Gasteiger partial charge in [-0.1, -0.05) is 30.0 Å². The maximum Gasteiger partial charge on any atom is 0.296 e. The van der Waals surface area contributed by atoms with Crippen molar-refractivity contribution in [2.75, 3.05) is 17.8 Å². The molecule has 0 unspecified atom stereocenters. The lowest BCUT2D eigenvalue weighted by Crippen LogP contribution is -2.34. The van der Waals surface area contributed by atoms with Crippen LogP contribution in [0.25, 0.3) is 5.69 Å². The number of hydrogen-bond acceptors (Lipinski definition) is 7. The van der Waals surface area contributed by atoms with Crippen LogP contribution in [-0.2, 0) is 11.8 Å². The van der Waals surface area contributed by atoms with Gasteiger partial charge in [0.2, 0.25) is 5.91 Å². The van der Waals surface area contributed by atoms with Crippen molar-refractivity contribution in [3.05, 3.63) is 70.1 Å². The van der Waals surface area contributed by atoms with Crippen LogP contribution in [0.2, 0.25) is 0 Å². The second-order valence-corrected chi connectivity index (χ2v) is 7.93. The number of ether oxygens (including phenoxy) is 1. The molecule has 0 bridgehead atoms. The fraction of sp³-hybridized carbons (Fsp3) is 0.182. The molecule has 1 N–H and O–H groups in total. The van der Waals surface area contributed by atoms with Crippen molar-refractivity contribution >= 4 is 34.7 Å². The summed E-state index contributed by atoms with van der Waals surface area (Å²) in [6.07, 6.45) is 1.48. The summed E-state index contributed by atoms with van der Waals surface area (Å²) in [5.41, 5.74) is 1.94. The molecule has 9 nitrogen and oxygen atoms in total. The van der Waals surface area contributed by atoms with E-state index < -0.39 is 0 Å². The van der Waals surface area contributed by atoms with Gasteiger partial charge in [-0.05, 0) is 42.8 Å². The smallest absolute Gasteiger partial charge is 0.296 e. The van der Waals surface area contributed by atoms with E-state index in [0.717, 1.165) is 0 Å². The summed E-state index contributed by atoms with van der Waals surface area (Å²) in [6.45, 7) is 1.79. The summed E-state index contributed by atoms with van der Waals surface area (Å²) in [5.74, 6) is 0.269. The highest BCUT2D eigenvalue weighted by molar-refractivity contribution is 8.15. The van der Waals surface area contributed by atoms with Crippen molar-refractivity contribution in [1.82, 2.24) is 9.36 Å². The van der Waals surface area contributed by atoms with Gasteiger partial charge in [0, 0.05) is 7.05 Å². The number of aromatic nitrogens is 2. The summed E-state index contributed by atoms with van der Waals surface area (Å²) >= 11 is 1.22. The number of para-hydroxylation sites is 1. The maximum atomic E-state index is 13.3. The van der Waals surface area contributed by atoms with Crippen molar-refractivity contribution in [3.8, 4) is 17.2 Å². The number of thioether (sulfide) groups is 1. The van der Waals surface area contributed by atoms with E-state index in [1.807, 2.05) is 30.3 Å². The van der Waals surface area contributed by atoms with Gasteiger partial charge in [0.25, 0.3) is 5.56 Å². The van der Waals surface area contributed by atoms with E-state index in [1.165, 1.54) is 40.7 Å². The molecular weight excluding hydrogens is 430 g/mol. The predicted molar refractivity (Wildman–Crippen MR) is 125 cm³/mol. The van der Waals surface area contributed by atoms with Crippen molar-refractivity contribution in [2.45, 2.75) is 6.92 Å². The molecule has 1 saturated heterocycles. The van der Waals surface area contributed by atoms with Crippen molar-refractivity contribution in [3.63, 3.8) is 0 Å². The molecule has 0 spiro atoms. The lowest BCUT2D eigenvalue weighted by molar-refractivity contribution is -0.115. The summed E-state index contributed by atoms with van der Waals surface area (Å²) in [6, 6.07) is 14.0. The fourth-order valence-electron chi connectivity index (χ4n) is 3.39. The lowest BCUT2D eigenvalue weighted by atomic mass is 10.2. The molecule has 2 heterocycles. The number of methoxy groups -OCH3 is 1. The Balaban J connectivity index is 1.71. The third-order valence-electron chi connectivity index (χ3n) is 5.07. The summed E-state index contributed by atoms with van der Waals surface area (Å²) in [5, 5.41) is 18.3. The van der Waals surface area contributed by atoms with Gasteiger partial charge in [-0.3, -0.25) is 14.3 Å². The third-order valence-corrected chi connectivity index (χ3v) is 5.98. The molecule has 2 aromatic carbocycles. The number of rotatable bonds is 5. The quantitative estimate of drug-likeness (QED) is 0.475. The van der Waals surface area contributed by atoms with Crippen LogP contribution in [-0.4, -0.2) is 44.6 Å². The maximum absolute atomic E-state index is 13.3. The van der Waals surface area contributed by atoms with E-state index >= 15 is 0 Å². The number of amidine groups is 1. The van der Waals surface area contributed by atoms with Crippen LogP contribution in [0.4, 0.5) is 5.69 Å². The lowest BCUT2D eigenvalue weighted by Gasteiger charge is -2.13. The second kappa shape index (κ2) is 8.75. The zero-order valence-corrected chi connectivity index (χ0v) is 18.5. The molecular formula is C22H21N5O4S. The Morgan fingerprint density at radius 2 is 1.91 bits per heavy atom. The number of anilines is 1. The van der Waals surface area contributed by atoms with Crippen molar-refractivity contribution in [1.29, 1.82) is 0 Å². The molecule has 164 valence electrons. The number of carbonyl (C=O) groups excluding carboxylic acids is 1. The molecule has 4 rings (SSSR count). The van der Waals surface area contributed by atoms with E-state index in [1.54, 1.807) is 30.8 Å². The van der Waals surface area contributed by atoms with Crippen LogP contribution in [0.15, 0.2) is 63.5 Å². The highest BCUT2D eigenvalue weighted by atomic mass is 32.2. The molecule has 1 aliphatic heterocycles. The Kier molecular flexibility index (Phi) is 5.87. The van der Waals surface area contributed by atoms with E-state index in [4.69, 9.17) is 4.74 Å². The Morgan fingerprint density at radius 3 is 2.62 bits per heavy atom. The predicted octanol–water partition coefficient (Wildman–Crippen LogP) is 2.67. The summed E-state index contributed by atoms with van der Waals surface area (Å²) < 4.78 is 8.32. The summed E-state index contributed by atoms with van der Waals surface area (Å²) in [4.78, 5) is 27.3. The number of phenolic OH excluding ortho intramolecular Hbond substituents is 1. The first kappa shape index (κ1) is 21.4. The average molecular weight is 452 g/mol. The molecule has 10 heteroatoms. The van der Waals surface area contributed by atoms with Gasteiger partial charge in [0.15, 0.2) is 16.7 Å². The molecule has 1 aliphatic rings. The van der Waals surface area contributed by atoms with Crippen LogP contribution >= 0.6 is 11.8 Å². The molecule has 0 atom stereocenters. The monoisotopic (exact) mass is 451 g/mol. The fourth-order valence-corrected chi connectivity index (χ4v) is 4.20.